The Balaban J connectivity index is 2.10. The highest BCUT2D eigenvalue weighted by atomic mass is 79.9. The van der Waals surface area contributed by atoms with Gasteiger partial charge in [-0.15, -0.1) is 0 Å². The SMILES string of the molecule is Cc1c(Br)cccc1NC(=O)C1CC1(C)C. The zero-order chi connectivity index (χ0) is 11.9. The molecule has 1 unspecified atom stereocenters. The number of hydrogen-bond donors (Lipinski definition) is 1. The van der Waals surface area contributed by atoms with Crippen LogP contribution in [-0.2, 0) is 4.79 Å². The van der Waals surface area contributed by atoms with Crippen molar-refractivity contribution in [1.82, 2.24) is 0 Å². The number of hydrogen-bond acceptors (Lipinski definition) is 1. The molecule has 0 aromatic heterocycles. The molecule has 86 valence electrons. The molecule has 3 heteroatoms. The van der Waals surface area contributed by atoms with Crippen LogP contribution in [0.5, 0.6) is 0 Å². The van der Waals surface area contributed by atoms with Gasteiger partial charge in [-0.1, -0.05) is 35.8 Å². The lowest BCUT2D eigenvalue weighted by atomic mass is 10.1. The van der Waals surface area contributed by atoms with Crippen molar-refractivity contribution in [3.05, 3.63) is 28.2 Å². The van der Waals surface area contributed by atoms with Crippen molar-refractivity contribution in [2.75, 3.05) is 5.32 Å². The van der Waals surface area contributed by atoms with Crippen LogP contribution in [0.3, 0.4) is 0 Å². The molecule has 1 aromatic rings. The molecular formula is C13H16BrNO. The first-order valence-electron chi connectivity index (χ1n) is 5.48. The molecule has 1 fully saturated rings. The first-order chi connectivity index (χ1) is 7.42. The summed E-state index contributed by atoms with van der Waals surface area (Å²) >= 11 is 3.46. The molecule has 2 rings (SSSR count). The zero-order valence-corrected chi connectivity index (χ0v) is 11.4. The fourth-order valence-corrected chi connectivity index (χ4v) is 2.24. The highest BCUT2D eigenvalue weighted by Gasteiger charge is 2.50. The minimum atomic E-state index is 0.145. The smallest absolute Gasteiger partial charge is 0.228 e. The Morgan fingerprint density at radius 1 is 1.50 bits per heavy atom. The summed E-state index contributed by atoms with van der Waals surface area (Å²) in [5.41, 5.74) is 2.17. The van der Waals surface area contributed by atoms with E-state index in [1.54, 1.807) is 0 Å². The maximum atomic E-state index is 11.9. The van der Waals surface area contributed by atoms with Crippen LogP contribution in [0.4, 0.5) is 5.69 Å². The Morgan fingerprint density at radius 2 is 2.12 bits per heavy atom. The van der Waals surface area contributed by atoms with Crippen molar-refractivity contribution in [2.24, 2.45) is 11.3 Å². The number of carbonyl (C=O) groups is 1. The van der Waals surface area contributed by atoms with Crippen LogP contribution in [0, 0.1) is 18.3 Å². The highest BCUT2D eigenvalue weighted by molar-refractivity contribution is 9.10. The van der Waals surface area contributed by atoms with E-state index < -0.39 is 0 Å². The van der Waals surface area contributed by atoms with Gasteiger partial charge in [-0.05, 0) is 36.5 Å². The van der Waals surface area contributed by atoms with Crippen LogP contribution in [0.25, 0.3) is 0 Å². The van der Waals surface area contributed by atoms with Crippen molar-refractivity contribution in [3.63, 3.8) is 0 Å². The molecule has 1 amide bonds. The second-order valence-corrected chi connectivity index (χ2v) is 6.00. The maximum Gasteiger partial charge on any atom is 0.228 e. The Labute approximate surface area is 105 Å². The third-order valence-corrected chi connectivity index (χ3v) is 4.21. The van der Waals surface area contributed by atoms with E-state index in [2.05, 4.69) is 35.1 Å². The summed E-state index contributed by atoms with van der Waals surface area (Å²) in [6.07, 6.45) is 0.992. The molecule has 0 bridgehead atoms. The molecule has 0 heterocycles. The van der Waals surface area contributed by atoms with E-state index in [0.29, 0.717) is 0 Å². The number of benzene rings is 1. The lowest BCUT2D eigenvalue weighted by Crippen LogP contribution is -2.17. The van der Waals surface area contributed by atoms with Crippen LogP contribution in [0.1, 0.15) is 25.8 Å². The lowest BCUT2D eigenvalue weighted by Gasteiger charge is -2.10. The van der Waals surface area contributed by atoms with E-state index in [1.165, 1.54) is 0 Å². The van der Waals surface area contributed by atoms with E-state index >= 15 is 0 Å². The van der Waals surface area contributed by atoms with Gasteiger partial charge in [0.2, 0.25) is 5.91 Å². The largest absolute Gasteiger partial charge is 0.326 e. The van der Waals surface area contributed by atoms with Gasteiger partial charge in [0, 0.05) is 16.1 Å². The minimum Gasteiger partial charge on any atom is -0.326 e. The Kier molecular flexibility index (Phi) is 2.82. The van der Waals surface area contributed by atoms with Gasteiger partial charge in [0.1, 0.15) is 0 Å². The van der Waals surface area contributed by atoms with Gasteiger partial charge >= 0.3 is 0 Å². The quantitative estimate of drug-likeness (QED) is 0.879. The molecule has 1 aromatic carbocycles. The molecule has 2 nitrogen and oxygen atoms in total. The summed E-state index contributed by atoms with van der Waals surface area (Å²) in [4.78, 5) is 11.9. The van der Waals surface area contributed by atoms with E-state index in [-0.39, 0.29) is 17.2 Å². The predicted octanol–water partition coefficient (Wildman–Crippen LogP) is 3.74. The molecule has 0 saturated heterocycles. The molecule has 1 atom stereocenters. The molecule has 1 aliphatic rings. The topological polar surface area (TPSA) is 29.1 Å². The van der Waals surface area contributed by atoms with Crippen LogP contribution < -0.4 is 5.32 Å². The average molecular weight is 282 g/mol. The first kappa shape index (κ1) is 11.6. The molecule has 0 aliphatic heterocycles. The predicted molar refractivity (Wildman–Crippen MR) is 69.4 cm³/mol. The first-order valence-corrected chi connectivity index (χ1v) is 6.27. The minimum absolute atomic E-state index is 0.145. The summed E-state index contributed by atoms with van der Waals surface area (Å²) in [5, 5.41) is 3.00. The summed E-state index contributed by atoms with van der Waals surface area (Å²) in [6.45, 7) is 6.26. The fourth-order valence-electron chi connectivity index (χ4n) is 1.88. The third-order valence-electron chi connectivity index (χ3n) is 3.36. The standard InChI is InChI=1S/C13H16BrNO/c1-8-10(14)5-4-6-11(8)15-12(16)9-7-13(9,2)3/h4-6,9H,7H2,1-3H3,(H,15,16). The summed E-state index contributed by atoms with van der Waals surface area (Å²) < 4.78 is 1.03. The third kappa shape index (κ3) is 2.14. The van der Waals surface area contributed by atoms with Gasteiger partial charge < -0.3 is 5.32 Å². The maximum absolute atomic E-state index is 11.9. The molecule has 1 aliphatic carbocycles. The zero-order valence-electron chi connectivity index (χ0n) is 9.80. The van der Waals surface area contributed by atoms with Crippen LogP contribution in [0.15, 0.2) is 22.7 Å². The van der Waals surface area contributed by atoms with Gasteiger partial charge in [0.05, 0.1) is 0 Å². The van der Waals surface area contributed by atoms with Gasteiger partial charge in [0.15, 0.2) is 0 Å². The van der Waals surface area contributed by atoms with Crippen LogP contribution in [0.2, 0.25) is 0 Å². The van der Waals surface area contributed by atoms with E-state index in [1.807, 2.05) is 25.1 Å². The average Bonchev–Trinajstić information content (AvgIpc) is 2.83. The molecule has 0 spiro atoms. The number of rotatable bonds is 2. The highest BCUT2D eigenvalue weighted by Crippen LogP contribution is 2.52. The van der Waals surface area contributed by atoms with E-state index in [4.69, 9.17) is 0 Å². The van der Waals surface area contributed by atoms with Gasteiger partial charge in [-0.25, -0.2) is 0 Å². The van der Waals surface area contributed by atoms with Gasteiger partial charge in [-0.2, -0.15) is 0 Å². The molecular weight excluding hydrogens is 266 g/mol. The van der Waals surface area contributed by atoms with Crippen LogP contribution in [-0.4, -0.2) is 5.91 Å². The van der Waals surface area contributed by atoms with Gasteiger partial charge in [-0.3, -0.25) is 4.79 Å². The molecule has 1 saturated carbocycles. The monoisotopic (exact) mass is 281 g/mol. The van der Waals surface area contributed by atoms with Crippen molar-refractivity contribution in [3.8, 4) is 0 Å². The van der Waals surface area contributed by atoms with Crippen LogP contribution >= 0.6 is 15.9 Å². The lowest BCUT2D eigenvalue weighted by molar-refractivity contribution is -0.118. The normalized spacial score (nSPS) is 21.6. The molecule has 1 N–H and O–H groups in total. The number of carbonyl (C=O) groups excluding carboxylic acids is 1. The van der Waals surface area contributed by atoms with Crippen molar-refractivity contribution >= 4 is 27.5 Å². The summed E-state index contributed by atoms with van der Waals surface area (Å²) in [5.74, 6) is 0.317. The van der Waals surface area contributed by atoms with Crippen molar-refractivity contribution in [1.29, 1.82) is 0 Å². The summed E-state index contributed by atoms with van der Waals surface area (Å²) in [6, 6.07) is 5.85. The number of amides is 1. The second kappa shape index (κ2) is 3.88. The molecule has 0 radical (unpaired) electrons. The summed E-state index contributed by atoms with van der Waals surface area (Å²) in [7, 11) is 0. The van der Waals surface area contributed by atoms with E-state index in [9.17, 15) is 4.79 Å². The van der Waals surface area contributed by atoms with Gasteiger partial charge in [0.25, 0.3) is 0 Å². The second-order valence-electron chi connectivity index (χ2n) is 5.15. The Hall–Kier alpha value is -0.830. The number of halogens is 1. The Bertz CT molecular complexity index is 440. The number of anilines is 1. The van der Waals surface area contributed by atoms with Crippen molar-refractivity contribution in [2.45, 2.75) is 27.2 Å². The number of nitrogens with one attached hydrogen (secondary N) is 1. The molecule has 16 heavy (non-hydrogen) atoms. The fraction of sp³-hybridized carbons (Fsp3) is 0.462. The van der Waals surface area contributed by atoms with Crippen molar-refractivity contribution < 1.29 is 4.79 Å². The Morgan fingerprint density at radius 3 is 2.69 bits per heavy atom. The van der Waals surface area contributed by atoms with E-state index in [0.717, 1.165) is 22.1 Å².